The first-order chi connectivity index (χ1) is 9.79. The van der Waals surface area contributed by atoms with Crippen LogP contribution in [0.5, 0.6) is 0 Å². The minimum absolute atomic E-state index is 0.199. The van der Waals surface area contributed by atoms with Crippen LogP contribution in [0.25, 0.3) is 21.9 Å². The smallest absolute Gasteiger partial charge is 0.226 e. The van der Waals surface area contributed by atoms with Gasteiger partial charge < -0.3 is 10.3 Å². The highest BCUT2D eigenvalue weighted by molar-refractivity contribution is 6.28. The molecule has 20 heavy (non-hydrogen) atoms. The van der Waals surface area contributed by atoms with Gasteiger partial charge in [-0.1, -0.05) is 0 Å². The molecule has 0 spiro atoms. The minimum atomic E-state index is 0.199. The number of nitrogens with one attached hydrogen (secondary N) is 3. The summed E-state index contributed by atoms with van der Waals surface area (Å²) >= 11 is 5.93. The van der Waals surface area contributed by atoms with Gasteiger partial charge in [0, 0.05) is 17.3 Å². The van der Waals surface area contributed by atoms with Crippen LogP contribution in [0, 0.1) is 0 Å². The second kappa shape index (κ2) is 4.21. The lowest BCUT2D eigenvalue weighted by Crippen LogP contribution is -1.96. The SMILES string of the molecule is Clc1nc(Nc2ccc3cn[nH]c3c2)c2cc[nH]c2n1. The average Bonchev–Trinajstić information content (AvgIpc) is 3.05. The van der Waals surface area contributed by atoms with Crippen molar-refractivity contribution in [3.8, 4) is 0 Å². The molecule has 0 radical (unpaired) electrons. The fourth-order valence-corrected chi connectivity index (χ4v) is 2.33. The quantitative estimate of drug-likeness (QED) is 0.494. The molecule has 3 heterocycles. The van der Waals surface area contributed by atoms with Crippen molar-refractivity contribution in [2.24, 2.45) is 0 Å². The summed E-state index contributed by atoms with van der Waals surface area (Å²) in [5.41, 5.74) is 2.56. The van der Waals surface area contributed by atoms with Crippen LogP contribution in [0.4, 0.5) is 11.5 Å². The Bertz CT molecular complexity index is 909. The van der Waals surface area contributed by atoms with E-state index in [9.17, 15) is 0 Å². The maximum Gasteiger partial charge on any atom is 0.226 e. The topological polar surface area (TPSA) is 82.3 Å². The van der Waals surface area contributed by atoms with Crippen LogP contribution < -0.4 is 5.32 Å². The number of hydrogen-bond donors (Lipinski definition) is 3. The largest absolute Gasteiger partial charge is 0.346 e. The van der Waals surface area contributed by atoms with Gasteiger partial charge >= 0.3 is 0 Å². The predicted octanol–water partition coefficient (Wildman–Crippen LogP) is 3.23. The first-order valence-corrected chi connectivity index (χ1v) is 6.38. The van der Waals surface area contributed by atoms with Crippen LogP contribution in [-0.4, -0.2) is 25.1 Å². The maximum absolute atomic E-state index is 5.93. The van der Waals surface area contributed by atoms with E-state index >= 15 is 0 Å². The van der Waals surface area contributed by atoms with Crippen LogP contribution in [-0.2, 0) is 0 Å². The van der Waals surface area contributed by atoms with E-state index in [1.54, 1.807) is 12.4 Å². The van der Waals surface area contributed by atoms with Crippen LogP contribution in [0.2, 0.25) is 5.28 Å². The molecule has 0 atom stereocenters. The summed E-state index contributed by atoms with van der Waals surface area (Å²) in [6, 6.07) is 7.82. The lowest BCUT2D eigenvalue weighted by molar-refractivity contribution is 1.12. The number of nitrogens with zero attached hydrogens (tertiary/aromatic N) is 3. The molecular formula is C13H9ClN6. The van der Waals surface area contributed by atoms with E-state index in [0.29, 0.717) is 11.5 Å². The van der Waals surface area contributed by atoms with Gasteiger partial charge in [0.1, 0.15) is 11.5 Å². The predicted molar refractivity (Wildman–Crippen MR) is 78.3 cm³/mol. The summed E-state index contributed by atoms with van der Waals surface area (Å²) in [5.74, 6) is 0.667. The van der Waals surface area contributed by atoms with Gasteiger partial charge in [-0.25, -0.2) is 0 Å². The van der Waals surface area contributed by atoms with Crippen LogP contribution in [0.15, 0.2) is 36.7 Å². The van der Waals surface area contributed by atoms with Gasteiger partial charge in [-0.15, -0.1) is 0 Å². The van der Waals surface area contributed by atoms with Crippen molar-refractivity contribution in [2.45, 2.75) is 0 Å². The monoisotopic (exact) mass is 284 g/mol. The molecule has 98 valence electrons. The molecule has 3 aromatic heterocycles. The second-order valence-corrected chi connectivity index (χ2v) is 4.72. The highest BCUT2D eigenvalue weighted by atomic mass is 35.5. The van der Waals surface area contributed by atoms with Gasteiger partial charge in [0.2, 0.25) is 5.28 Å². The molecule has 0 aliphatic carbocycles. The molecule has 0 unspecified atom stereocenters. The van der Waals surface area contributed by atoms with Gasteiger partial charge in [0.05, 0.1) is 17.1 Å². The Morgan fingerprint density at radius 3 is 3.05 bits per heavy atom. The molecule has 0 aliphatic rings. The lowest BCUT2D eigenvalue weighted by Gasteiger charge is -2.07. The van der Waals surface area contributed by atoms with Crippen molar-refractivity contribution in [3.63, 3.8) is 0 Å². The molecule has 7 heteroatoms. The zero-order chi connectivity index (χ0) is 13.5. The van der Waals surface area contributed by atoms with Crippen LogP contribution >= 0.6 is 11.6 Å². The summed E-state index contributed by atoms with van der Waals surface area (Å²) in [7, 11) is 0. The van der Waals surface area contributed by atoms with Crippen molar-refractivity contribution in [1.82, 2.24) is 25.1 Å². The molecule has 4 rings (SSSR count). The standard InChI is InChI=1S/C13H9ClN6/c14-13-18-11-9(3-4-15-11)12(19-13)17-8-2-1-7-6-16-20-10(7)5-8/h1-6H,(H,16,20)(H2,15,17,18,19). The molecule has 0 fully saturated rings. The Morgan fingerprint density at radius 1 is 1.15 bits per heavy atom. The molecule has 0 bridgehead atoms. The van der Waals surface area contributed by atoms with E-state index in [1.807, 2.05) is 24.3 Å². The summed E-state index contributed by atoms with van der Waals surface area (Å²) in [6.07, 6.45) is 3.59. The lowest BCUT2D eigenvalue weighted by atomic mass is 10.2. The number of fused-ring (bicyclic) bond motifs is 2. The van der Waals surface area contributed by atoms with Gasteiger partial charge in [0.15, 0.2) is 0 Å². The Labute approximate surface area is 118 Å². The van der Waals surface area contributed by atoms with Crippen molar-refractivity contribution in [2.75, 3.05) is 5.32 Å². The third-order valence-corrected chi connectivity index (χ3v) is 3.26. The van der Waals surface area contributed by atoms with E-state index in [4.69, 9.17) is 11.6 Å². The van der Waals surface area contributed by atoms with E-state index in [0.717, 1.165) is 22.0 Å². The van der Waals surface area contributed by atoms with E-state index in [-0.39, 0.29) is 5.28 Å². The third-order valence-electron chi connectivity index (χ3n) is 3.09. The maximum atomic E-state index is 5.93. The van der Waals surface area contributed by atoms with Crippen molar-refractivity contribution in [1.29, 1.82) is 0 Å². The molecule has 6 nitrogen and oxygen atoms in total. The minimum Gasteiger partial charge on any atom is -0.346 e. The number of anilines is 2. The van der Waals surface area contributed by atoms with Gasteiger partial charge in [0.25, 0.3) is 0 Å². The summed E-state index contributed by atoms with van der Waals surface area (Å²) in [4.78, 5) is 11.4. The Kier molecular flexibility index (Phi) is 2.37. The number of halogens is 1. The van der Waals surface area contributed by atoms with Gasteiger partial charge in [-0.3, -0.25) is 5.10 Å². The molecule has 3 N–H and O–H groups in total. The molecule has 0 saturated heterocycles. The summed E-state index contributed by atoms with van der Waals surface area (Å²) in [5, 5.41) is 12.3. The number of hydrogen-bond acceptors (Lipinski definition) is 4. The summed E-state index contributed by atoms with van der Waals surface area (Å²) < 4.78 is 0. The van der Waals surface area contributed by atoms with Crippen molar-refractivity contribution in [3.05, 3.63) is 41.9 Å². The summed E-state index contributed by atoms with van der Waals surface area (Å²) in [6.45, 7) is 0. The molecule has 0 aliphatic heterocycles. The fourth-order valence-electron chi connectivity index (χ4n) is 2.16. The number of aromatic nitrogens is 5. The average molecular weight is 285 g/mol. The Morgan fingerprint density at radius 2 is 2.10 bits per heavy atom. The van der Waals surface area contributed by atoms with Crippen LogP contribution in [0.3, 0.4) is 0 Å². The number of H-pyrrole nitrogens is 2. The fraction of sp³-hybridized carbons (Fsp3) is 0. The van der Waals surface area contributed by atoms with E-state index in [1.165, 1.54) is 0 Å². The van der Waals surface area contributed by atoms with E-state index in [2.05, 4.69) is 30.5 Å². The van der Waals surface area contributed by atoms with Crippen LogP contribution in [0.1, 0.15) is 0 Å². The number of aromatic amines is 2. The zero-order valence-electron chi connectivity index (χ0n) is 10.2. The molecule has 4 aromatic rings. The first kappa shape index (κ1) is 11.2. The molecule has 0 saturated carbocycles. The Hall–Kier alpha value is -2.60. The first-order valence-electron chi connectivity index (χ1n) is 6.00. The zero-order valence-corrected chi connectivity index (χ0v) is 10.9. The second-order valence-electron chi connectivity index (χ2n) is 4.38. The third kappa shape index (κ3) is 1.78. The van der Waals surface area contributed by atoms with Gasteiger partial charge in [-0.2, -0.15) is 15.1 Å². The van der Waals surface area contributed by atoms with Gasteiger partial charge in [-0.05, 0) is 35.9 Å². The molecule has 0 amide bonds. The number of rotatable bonds is 2. The Balaban J connectivity index is 1.81. The highest BCUT2D eigenvalue weighted by Gasteiger charge is 2.08. The normalized spacial score (nSPS) is 11.2. The van der Waals surface area contributed by atoms with Crippen molar-refractivity contribution < 1.29 is 0 Å². The van der Waals surface area contributed by atoms with Crippen molar-refractivity contribution >= 4 is 45.0 Å². The molecule has 1 aromatic carbocycles. The highest BCUT2D eigenvalue weighted by Crippen LogP contribution is 2.25. The number of benzene rings is 1. The molecular weight excluding hydrogens is 276 g/mol. The van der Waals surface area contributed by atoms with E-state index < -0.39 is 0 Å².